The zero-order valence-electron chi connectivity index (χ0n) is 37.3. The number of para-hydroxylation sites is 2. The monoisotopic (exact) mass is 1010 g/mol. The molecule has 3 heterocycles. The Bertz CT molecular complexity index is 3130. The van der Waals surface area contributed by atoms with Gasteiger partial charge >= 0.3 is 0 Å². The number of pyridine rings is 1. The Labute approximate surface area is 392 Å². The smallest absolute Gasteiger partial charge is 0.135 e. The summed E-state index contributed by atoms with van der Waals surface area (Å²) in [5, 5.41) is 2.25. The molecule has 0 bridgehead atoms. The van der Waals surface area contributed by atoms with Crippen LogP contribution in [0.2, 0.25) is 0 Å². The second-order valence-electron chi connectivity index (χ2n) is 18.7. The molecule has 0 fully saturated rings. The van der Waals surface area contributed by atoms with E-state index in [1.807, 2.05) is 24.4 Å². The summed E-state index contributed by atoms with van der Waals surface area (Å²) >= 11 is 0. The molecule has 0 unspecified atom stereocenters. The maximum Gasteiger partial charge on any atom is 0.135 e. The maximum atomic E-state index is 6.68. The molecule has 1 aliphatic rings. The Kier molecular flexibility index (Phi) is 11.1. The Morgan fingerprint density at radius 1 is 0.500 bits per heavy atom. The van der Waals surface area contributed by atoms with Crippen LogP contribution >= 0.6 is 0 Å². The molecule has 0 spiro atoms. The van der Waals surface area contributed by atoms with Gasteiger partial charge in [-0.05, 0) is 81.1 Å². The van der Waals surface area contributed by atoms with Gasteiger partial charge in [0, 0.05) is 72.2 Å². The van der Waals surface area contributed by atoms with Crippen LogP contribution in [-0.2, 0) is 37.3 Å². The van der Waals surface area contributed by atoms with E-state index < -0.39 is 0 Å². The molecule has 0 amide bonds. The van der Waals surface area contributed by atoms with Crippen LogP contribution in [0, 0.1) is 18.8 Å². The van der Waals surface area contributed by atoms with Crippen LogP contribution in [0.4, 0.5) is 22.7 Å². The van der Waals surface area contributed by atoms with Gasteiger partial charge in [0.05, 0.1) is 0 Å². The van der Waals surface area contributed by atoms with Crippen molar-refractivity contribution in [1.29, 1.82) is 0 Å². The van der Waals surface area contributed by atoms with Crippen molar-refractivity contribution in [3.63, 3.8) is 0 Å². The molecule has 0 atom stereocenters. The first-order valence-electron chi connectivity index (χ1n) is 21.8. The number of aromatic nitrogens is 2. The summed E-state index contributed by atoms with van der Waals surface area (Å²) in [7, 11) is 0. The van der Waals surface area contributed by atoms with Gasteiger partial charge in [-0.3, -0.25) is 0 Å². The van der Waals surface area contributed by atoms with E-state index in [0.717, 1.165) is 50.4 Å². The van der Waals surface area contributed by atoms with Gasteiger partial charge < -0.3 is 19.1 Å². The number of benzene rings is 7. The normalized spacial score (nSPS) is 13.0. The fourth-order valence-electron chi connectivity index (χ4n) is 8.97. The van der Waals surface area contributed by atoms with Gasteiger partial charge in [0.1, 0.15) is 5.82 Å². The van der Waals surface area contributed by atoms with Crippen molar-refractivity contribution in [1.82, 2.24) is 9.55 Å². The number of nitrogens with zero attached hydrogens (tertiary/aromatic N) is 4. The minimum absolute atomic E-state index is 0. The Morgan fingerprint density at radius 2 is 1.11 bits per heavy atom. The van der Waals surface area contributed by atoms with E-state index in [2.05, 4.69) is 233 Å². The standard InChI is InChI=1S/C58H51N4O.Pt/c1-56(2,3)42-28-31-51-50(35-42)49-30-29-48(38-54(49)62(51)55-36-44(32-33-59-55)58(6,7)41-20-12-9-13-21-41)63-47-25-17-24-46(37-47)61-39-60(52-26-14-15-27-53(52)61)45-23-16-22-43(34-45)57(4,5)40-18-10-8-11-19-40;/h8-36,39H,1-7H3;/q-3;. The maximum absolute atomic E-state index is 6.68. The molecular weight excluding hydrogens is 964 g/mol. The zero-order chi connectivity index (χ0) is 43.5. The third-order valence-corrected chi connectivity index (χ3v) is 12.9. The van der Waals surface area contributed by atoms with E-state index in [1.165, 1.54) is 27.8 Å². The molecule has 0 saturated carbocycles. The first-order valence-corrected chi connectivity index (χ1v) is 21.8. The number of fused-ring (bicyclic) bond motifs is 4. The van der Waals surface area contributed by atoms with E-state index in [4.69, 9.17) is 9.72 Å². The van der Waals surface area contributed by atoms with E-state index in [0.29, 0.717) is 11.5 Å². The van der Waals surface area contributed by atoms with Crippen molar-refractivity contribution < 1.29 is 25.8 Å². The molecule has 0 radical (unpaired) electrons. The largest absolute Gasteiger partial charge is 0.509 e. The van der Waals surface area contributed by atoms with Crippen molar-refractivity contribution in [2.45, 2.75) is 64.7 Å². The molecule has 7 aromatic carbocycles. The van der Waals surface area contributed by atoms with Crippen LogP contribution in [0.3, 0.4) is 0 Å². The fourth-order valence-corrected chi connectivity index (χ4v) is 8.97. The van der Waals surface area contributed by atoms with Gasteiger partial charge in [0.15, 0.2) is 0 Å². The summed E-state index contributed by atoms with van der Waals surface area (Å²) in [5.74, 6) is 2.03. The molecule has 10 rings (SSSR count). The van der Waals surface area contributed by atoms with Crippen LogP contribution < -0.4 is 14.5 Å². The molecule has 9 aromatic rings. The van der Waals surface area contributed by atoms with Crippen LogP contribution in [0.5, 0.6) is 11.5 Å². The molecule has 0 aliphatic carbocycles. The van der Waals surface area contributed by atoms with Gasteiger partial charge in [-0.2, -0.15) is 12.1 Å². The van der Waals surface area contributed by atoms with E-state index in [1.54, 1.807) is 0 Å². The van der Waals surface area contributed by atoms with Crippen molar-refractivity contribution in [2.75, 3.05) is 9.80 Å². The van der Waals surface area contributed by atoms with Crippen molar-refractivity contribution in [3.05, 3.63) is 223 Å². The Morgan fingerprint density at radius 3 is 1.80 bits per heavy atom. The first kappa shape index (κ1) is 42.9. The summed E-state index contributed by atoms with van der Waals surface area (Å²) in [6.45, 7) is 18.0. The molecule has 0 N–H and O–H groups in total. The second kappa shape index (κ2) is 16.6. The number of hydrogen-bond donors (Lipinski definition) is 0. The molecule has 322 valence electrons. The third-order valence-electron chi connectivity index (χ3n) is 12.9. The minimum atomic E-state index is -0.233. The summed E-state index contributed by atoms with van der Waals surface area (Å²) in [6, 6.07) is 67.4. The van der Waals surface area contributed by atoms with Crippen molar-refractivity contribution in [2.24, 2.45) is 0 Å². The zero-order valence-corrected chi connectivity index (χ0v) is 39.6. The van der Waals surface area contributed by atoms with E-state index in [9.17, 15) is 0 Å². The van der Waals surface area contributed by atoms with Crippen LogP contribution in [0.15, 0.2) is 176 Å². The van der Waals surface area contributed by atoms with Crippen molar-refractivity contribution >= 4 is 44.6 Å². The molecular formula is C58H51N4OPt-3. The Hall–Kier alpha value is -6.42. The topological polar surface area (TPSA) is 33.5 Å². The van der Waals surface area contributed by atoms with Gasteiger partial charge in [-0.25, -0.2) is 4.98 Å². The second-order valence-corrected chi connectivity index (χ2v) is 18.7. The SMILES string of the molecule is CC(C)(C)c1ccc2c(c1)c1ccc(Oc3[c-]c(N4[CH-]N(c5cccc(C(C)(C)c6ccccc6)c5)c5ccccc54)ccc3)[c-]c1n2-c1cc(C(C)(C)c2ccccc2)ccn1.[Pt]. The molecule has 0 saturated heterocycles. The first-order chi connectivity index (χ1) is 30.4. The Balaban J connectivity index is 0.00000518. The predicted molar refractivity (Wildman–Crippen MR) is 260 cm³/mol. The average molecular weight is 1020 g/mol. The van der Waals surface area contributed by atoms with Crippen LogP contribution in [-0.4, -0.2) is 9.55 Å². The molecule has 2 aromatic heterocycles. The van der Waals surface area contributed by atoms with Crippen LogP contribution in [0.1, 0.15) is 76.3 Å². The van der Waals surface area contributed by atoms with Crippen LogP contribution in [0.25, 0.3) is 27.6 Å². The van der Waals surface area contributed by atoms with Gasteiger partial charge in [0.25, 0.3) is 0 Å². The van der Waals surface area contributed by atoms with Gasteiger partial charge in [-0.1, -0.05) is 151 Å². The van der Waals surface area contributed by atoms with E-state index >= 15 is 0 Å². The summed E-state index contributed by atoms with van der Waals surface area (Å²) in [4.78, 5) is 9.44. The molecule has 6 heteroatoms. The minimum Gasteiger partial charge on any atom is -0.509 e. The molecule has 1 aliphatic heterocycles. The number of anilines is 4. The molecule has 64 heavy (non-hydrogen) atoms. The number of hydrogen-bond acceptors (Lipinski definition) is 4. The molecule has 5 nitrogen and oxygen atoms in total. The predicted octanol–water partition coefficient (Wildman–Crippen LogP) is 14.9. The quantitative estimate of drug-likeness (QED) is 0.135. The number of ether oxygens (including phenoxy) is 1. The van der Waals surface area contributed by atoms with Crippen molar-refractivity contribution in [3.8, 4) is 17.3 Å². The fraction of sp³-hybridized carbons (Fsp3) is 0.172. The third kappa shape index (κ3) is 7.71. The summed E-state index contributed by atoms with van der Waals surface area (Å²) < 4.78 is 8.91. The number of rotatable bonds is 9. The van der Waals surface area contributed by atoms with Gasteiger partial charge in [0.2, 0.25) is 0 Å². The summed E-state index contributed by atoms with van der Waals surface area (Å²) in [6.07, 6.45) is 1.92. The van der Waals surface area contributed by atoms with Gasteiger partial charge in [-0.15, -0.1) is 48.1 Å². The average Bonchev–Trinajstić information content (AvgIpc) is 3.85. The summed E-state index contributed by atoms with van der Waals surface area (Å²) in [5.41, 5.74) is 11.9. The van der Waals surface area contributed by atoms with E-state index in [-0.39, 0.29) is 37.3 Å².